The molecular weight excluding hydrogens is 284 g/mol. The predicted octanol–water partition coefficient (Wildman–Crippen LogP) is 0.211. The first-order valence-electron chi connectivity index (χ1n) is 7.09. The summed E-state index contributed by atoms with van der Waals surface area (Å²) in [4.78, 5) is 11.0. The van der Waals surface area contributed by atoms with E-state index in [4.69, 9.17) is 4.74 Å². The van der Waals surface area contributed by atoms with Gasteiger partial charge in [0.05, 0.1) is 11.9 Å². The maximum absolute atomic E-state index is 11.0. The minimum absolute atomic E-state index is 0.239. The molecule has 0 bridgehead atoms. The van der Waals surface area contributed by atoms with Crippen LogP contribution in [0.5, 0.6) is 5.75 Å². The minimum Gasteiger partial charge on any atom is -0.491 e. The van der Waals surface area contributed by atoms with Crippen LogP contribution < -0.4 is 20.9 Å². The maximum atomic E-state index is 11.0. The largest absolute Gasteiger partial charge is 0.491 e. The Hall–Kier alpha value is -2.38. The summed E-state index contributed by atoms with van der Waals surface area (Å²) in [5.74, 6) is 0.741. The first kappa shape index (κ1) is 16.0. The summed E-state index contributed by atoms with van der Waals surface area (Å²) in [5, 5.41) is 22.0. The predicted molar refractivity (Wildman–Crippen MR) is 84.2 cm³/mol. The molecule has 0 aliphatic heterocycles. The third kappa shape index (κ3) is 5.94. The van der Waals surface area contributed by atoms with Gasteiger partial charge in [0.1, 0.15) is 18.5 Å². The van der Waals surface area contributed by atoms with Gasteiger partial charge in [0.2, 0.25) is 0 Å². The number of aliphatic hydroxyl groups excluding tert-OH is 1. The van der Waals surface area contributed by atoms with Crippen LogP contribution in [0.3, 0.4) is 0 Å². The third-order valence-corrected chi connectivity index (χ3v) is 2.86. The molecule has 0 amide bonds. The molecule has 2 aromatic rings. The van der Waals surface area contributed by atoms with E-state index in [2.05, 4.69) is 20.8 Å². The highest BCUT2D eigenvalue weighted by molar-refractivity contribution is 5.38. The fraction of sp³-hybridized carbons (Fsp3) is 0.333. The number of aliphatic hydroxyl groups is 1. The Balaban J connectivity index is 1.55. The summed E-state index contributed by atoms with van der Waals surface area (Å²) in [6.07, 6.45) is 0.964. The molecule has 1 aromatic heterocycles. The lowest BCUT2D eigenvalue weighted by atomic mass is 10.3. The summed E-state index contributed by atoms with van der Waals surface area (Å²) in [6, 6.07) is 10.8. The molecule has 4 N–H and O–H groups in total. The van der Waals surface area contributed by atoms with Crippen molar-refractivity contribution in [2.24, 2.45) is 0 Å². The van der Waals surface area contributed by atoms with Crippen molar-refractivity contribution in [1.29, 1.82) is 0 Å². The van der Waals surface area contributed by atoms with Gasteiger partial charge < -0.3 is 20.5 Å². The van der Waals surface area contributed by atoms with E-state index in [0.717, 1.165) is 5.75 Å². The number of aromatic amines is 1. The summed E-state index contributed by atoms with van der Waals surface area (Å²) in [5.41, 5.74) is 0.421. The van der Waals surface area contributed by atoms with E-state index in [0.29, 0.717) is 25.3 Å². The van der Waals surface area contributed by atoms with Crippen molar-refractivity contribution in [1.82, 2.24) is 15.5 Å². The number of anilines is 1. The molecule has 7 heteroatoms. The number of H-pyrrole nitrogens is 1. The van der Waals surface area contributed by atoms with Crippen molar-refractivity contribution in [3.05, 3.63) is 52.9 Å². The number of hydrogen-bond acceptors (Lipinski definition) is 6. The molecule has 1 heterocycles. The molecule has 0 fully saturated rings. The number of benzene rings is 1. The smallest absolute Gasteiger partial charge is 0.266 e. The third-order valence-electron chi connectivity index (χ3n) is 2.86. The summed E-state index contributed by atoms with van der Waals surface area (Å²) in [7, 11) is 0. The number of nitrogens with one attached hydrogen (secondary N) is 3. The Labute approximate surface area is 128 Å². The van der Waals surface area contributed by atoms with Crippen LogP contribution in [0.4, 0.5) is 5.69 Å². The fourth-order valence-electron chi connectivity index (χ4n) is 1.80. The molecule has 1 aromatic carbocycles. The van der Waals surface area contributed by atoms with Gasteiger partial charge in [-0.2, -0.15) is 5.10 Å². The Bertz CT molecular complexity index is 603. The van der Waals surface area contributed by atoms with Crippen molar-refractivity contribution < 1.29 is 9.84 Å². The highest BCUT2D eigenvalue weighted by Gasteiger charge is 2.04. The van der Waals surface area contributed by atoms with Gasteiger partial charge in [-0.15, -0.1) is 0 Å². The van der Waals surface area contributed by atoms with E-state index in [1.165, 1.54) is 6.07 Å². The van der Waals surface area contributed by atoms with Crippen molar-refractivity contribution >= 4 is 5.69 Å². The van der Waals surface area contributed by atoms with Gasteiger partial charge in [0, 0.05) is 25.7 Å². The van der Waals surface area contributed by atoms with E-state index in [1.54, 1.807) is 6.20 Å². The Morgan fingerprint density at radius 3 is 2.86 bits per heavy atom. The zero-order valence-electron chi connectivity index (χ0n) is 12.2. The molecule has 0 aliphatic carbocycles. The number of aromatic nitrogens is 2. The Morgan fingerprint density at radius 1 is 1.27 bits per heavy atom. The van der Waals surface area contributed by atoms with Crippen LogP contribution in [0.1, 0.15) is 0 Å². The normalized spacial score (nSPS) is 11.9. The van der Waals surface area contributed by atoms with Crippen molar-refractivity contribution in [3.8, 4) is 5.75 Å². The average molecular weight is 304 g/mol. The number of ether oxygens (including phenoxy) is 1. The molecule has 0 spiro atoms. The van der Waals surface area contributed by atoms with E-state index < -0.39 is 6.10 Å². The molecule has 22 heavy (non-hydrogen) atoms. The molecule has 0 aliphatic rings. The molecule has 2 rings (SSSR count). The van der Waals surface area contributed by atoms with Gasteiger partial charge in [0.25, 0.3) is 5.56 Å². The monoisotopic (exact) mass is 304 g/mol. The van der Waals surface area contributed by atoms with Crippen LogP contribution in [0.2, 0.25) is 0 Å². The standard InChI is InChI=1S/C15H20N4O3/c20-13(11-22-14-4-2-1-3-5-14)10-16-6-7-17-12-8-15(21)19-18-9-12/h1-5,8-9,13,16,20H,6-7,10-11H2,(H2,17,19,21). The van der Waals surface area contributed by atoms with Crippen molar-refractivity contribution in [2.45, 2.75) is 6.10 Å². The number of hydrogen-bond donors (Lipinski definition) is 4. The zero-order valence-corrected chi connectivity index (χ0v) is 12.2. The van der Waals surface area contributed by atoms with Gasteiger partial charge in [-0.05, 0) is 12.1 Å². The molecule has 1 atom stereocenters. The summed E-state index contributed by atoms with van der Waals surface area (Å²) >= 11 is 0. The van der Waals surface area contributed by atoms with Gasteiger partial charge >= 0.3 is 0 Å². The van der Waals surface area contributed by atoms with Gasteiger partial charge in [-0.3, -0.25) is 4.79 Å². The van der Waals surface area contributed by atoms with Crippen LogP contribution in [0, 0.1) is 0 Å². The molecule has 7 nitrogen and oxygen atoms in total. The number of para-hydroxylation sites is 1. The lowest BCUT2D eigenvalue weighted by molar-refractivity contribution is 0.107. The molecule has 118 valence electrons. The highest BCUT2D eigenvalue weighted by Crippen LogP contribution is 2.08. The molecule has 0 saturated heterocycles. The van der Waals surface area contributed by atoms with Crippen LogP contribution in [-0.4, -0.2) is 47.6 Å². The number of nitrogens with zero attached hydrogens (tertiary/aromatic N) is 1. The minimum atomic E-state index is -0.582. The molecule has 0 radical (unpaired) electrons. The second-order valence-corrected chi connectivity index (χ2v) is 4.74. The van der Waals surface area contributed by atoms with Gasteiger partial charge in [-0.25, -0.2) is 5.10 Å². The van der Waals surface area contributed by atoms with E-state index in [-0.39, 0.29) is 12.2 Å². The van der Waals surface area contributed by atoms with Crippen LogP contribution in [0.15, 0.2) is 47.4 Å². The second kappa shape index (κ2) is 8.81. The SMILES string of the molecule is O=c1cc(NCCNCC(O)COc2ccccc2)cn[nH]1. The number of rotatable bonds is 9. The Kier molecular flexibility index (Phi) is 6.40. The average Bonchev–Trinajstić information content (AvgIpc) is 2.54. The molecule has 1 unspecified atom stereocenters. The lowest BCUT2D eigenvalue weighted by Crippen LogP contribution is -2.34. The van der Waals surface area contributed by atoms with Gasteiger partial charge in [0.15, 0.2) is 0 Å². The first-order valence-corrected chi connectivity index (χ1v) is 7.09. The first-order chi connectivity index (χ1) is 10.7. The quantitative estimate of drug-likeness (QED) is 0.494. The Morgan fingerprint density at radius 2 is 2.09 bits per heavy atom. The highest BCUT2D eigenvalue weighted by atomic mass is 16.5. The van der Waals surface area contributed by atoms with Crippen LogP contribution >= 0.6 is 0 Å². The summed E-state index contributed by atoms with van der Waals surface area (Å²) in [6.45, 7) is 1.94. The lowest BCUT2D eigenvalue weighted by Gasteiger charge is -2.13. The van der Waals surface area contributed by atoms with Crippen molar-refractivity contribution in [2.75, 3.05) is 31.6 Å². The summed E-state index contributed by atoms with van der Waals surface area (Å²) < 4.78 is 5.46. The van der Waals surface area contributed by atoms with Crippen LogP contribution in [0.25, 0.3) is 0 Å². The van der Waals surface area contributed by atoms with Crippen LogP contribution in [-0.2, 0) is 0 Å². The van der Waals surface area contributed by atoms with E-state index in [1.807, 2.05) is 30.3 Å². The van der Waals surface area contributed by atoms with Crippen molar-refractivity contribution in [3.63, 3.8) is 0 Å². The second-order valence-electron chi connectivity index (χ2n) is 4.74. The topological polar surface area (TPSA) is 99.3 Å². The van der Waals surface area contributed by atoms with Gasteiger partial charge in [-0.1, -0.05) is 18.2 Å². The maximum Gasteiger partial charge on any atom is 0.266 e. The zero-order chi connectivity index (χ0) is 15.6. The fourth-order valence-corrected chi connectivity index (χ4v) is 1.80. The van der Waals surface area contributed by atoms with E-state index in [9.17, 15) is 9.90 Å². The molecule has 0 saturated carbocycles. The molecular formula is C15H20N4O3. The van der Waals surface area contributed by atoms with E-state index >= 15 is 0 Å².